The van der Waals surface area contributed by atoms with Gasteiger partial charge < -0.3 is 19.6 Å². The molecule has 0 aliphatic heterocycles. The van der Waals surface area contributed by atoms with Gasteiger partial charge in [-0.05, 0) is 50.3 Å². The minimum atomic E-state index is -4.05. The normalized spacial score (nSPS) is 12.4. The molecule has 0 aliphatic carbocycles. The maximum absolute atomic E-state index is 13.5. The summed E-state index contributed by atoms with van der Waals surface area (Å²) < 4.78 is 42.4. The summed E-state index contributed by atoms with van der Waals surface area (Å²) in [6, 6.07) is 15.0. The quantitative estimate of drug-likeness (QED) is 0.219. The van der Waals surface area contributed by atoms with Crippen LogP contribution in [0.5, 0.6) is 0 Å². The highest BCUT2D eigenvalue weighted by molar-refractivity contribution is 7.92. The van der Waals surface area contributed by atoms with E-state index in [9.17, 15) is 13.2 Å². The van der Waals surface area contributed by atoms with Crippen LogP contribution in [0.1, 0.15) is 77.1 Å². The fourth-order valence-corrected chi connectivity index (χ4v) is 6.22. The van der Waals surface area contributed by atoms with Gasteiger partial charge in [0.05, 0.1) is 5.69 Å². The van der Waals surface area contributed by atoms with Gasteiger partial charge in [-0.15, -0.1) is 0 Å². The first-order chi connectivity index (χ1) is 19.6. The summed E-state index contributed by atoms with van der Waals surface area (Å²) in [6.45, 7) is 9.85. The molecule has 0 saturated carbocycles. The molecule has 10 nitrogen and oxygen atoms in total. The summed E-state index contributed by atoms with van der Waals surface area (Å²) >= 11 is 0. The van der Waals surface area contributed by atoms with Gasteiger partial charge in [-0.25, -0.2) is 13.4 Å². The SMILES string of the molecule is CCCc1nc(CC)c(C(N)=O)n1Cc1ccc(-c2ccccc2C(OCC)S(=O)(=O)Nc2noc(C)c2C)cc1. The lowest BCUT2D eigenvalue weighted by Gasteiger charge is -2.21. The number of carbonyl (C=O) groups excluding carboxylic acids is 1. The first kappa shape index (κ1) is 30.0. The van der Waals surface area contributed by atoms with Crippen LogP contribution in [0.25, 0.3) is 11.1 Å². The van der Waals surface area contributed by atoms with Crippen LogP contribution in [-0.2, 0) is 34.1 Å². The fourth-order valence-electron chi connectivity index (χ4n) is 4.80. The molecule has 4 aromatic rings. The van der Waals surface area contributed by atoms with Crippen LogP contribution in [-0.4, -0.2) is 35.6 Å². The molecule has 0 saturated heterocycles. The third kappa shape index (κ3) is 6.36. The van der Waals surface area contributed by atoms with Gasteiger partial charge in [0, 0.05) is 30.7 Å². The molecule has 2 heterocycles. The van der Waals surface area contributed by atoms with Crippen molar-refractivity contribution in [3.05, 3.63) is 88.2 Å². The highest BCUT2D eigenvalue weighted by atomic mass is 32.2. The van der Waals surface area contributed by atoms with E-state index in [4.69, 9.17) is 15.0 Å². The number of nitrogens with zero attached hydrogens (tertiary/aromatic N) is 3. The second-order valence-electron chi connectivity index (χ2n) is 9.81. The molecule has 0 fully saturated rings. The predicted molar refractivity (Wildman–Crippen MR) is 158 cm³/mol. The van der Waals surface area contributed by atoms with Crippen molar-refractivity contribution < 1.29 is 22.5 Å². The van der Waals surface area contributed by atoms with E-state index in [-0.39, 0.29) is 12.4 Å². The molecule has 2 aromatic heterocycles. The lowest BCUT2D eigenvalue weighted by Crippen LogP contribution is -2.25. The Morgan fingerprint density at radius 3 is 2.39 bits per heavy atom. The van der Waals surface area contributed by atoms with Crippen molar-refractivity contribution in [2.75, 3.05) is 11.3 Å². The Hall–Kier alpha value is -3.96. The summed E-state index contributed by atoms with van der Waals surface area (Å²) in [7, 11) is -4.05. The van der Waals surface area contributed by atoms with Crippen molar-refractivity contribution in [1.29, 1.82) is 0 Å². The number of nitrogens with two attached hydrogens (primary N) is 1. The Kier molecular flexibility index (Phi) is 9.29. The van der Waals surface area contributed by atoms with E-state index in [1.165, 1.54) is 0 Å². The van der Waals surface area contributed by atoms with Gasteiger partial charge in [-0.3, -0.25) is 9.52 Å². The molecule has 4 rings (SSSR count). The van der Waals surface area contributed by atoms with E-state index >= 15 is 0 Å². The molecule has 0 radical (unpaired) electrons. The van der Waals surface area contributed by atoms with Crippen molar-refractivity contribution >= 4 is 21.7 Å². The van der Waals surface area contributed by atoms with Gasteiger partial charge in [0.1, 0.15) is 17.3 Å². The van der Waals surface area contributed by atoms with Crippen LogP contribution in [0.4, 0.5) is 5.82 Å². The van der Waals surface area contributed by atoms with Crippen molar-refractivity contribution in [2.45, 2.75) is 65.9 Å². The summed E-state index contributed by atoms with van der Waals surface area (Å²) in [5.41, 5.74) is 9.21. The maximum atomic E-state index is 13.5. The van der Waals surface area contributed by atoms with Crippen molar-refractivity contribution in [3.63, 3.8) is 0 Å². The van der Waals surface area contributed by atoms with Crippen molar-refractivity contribution in [1.82, 2.24) is 14.7 Å². The minimum absolute atomic E-state index is 0.137. The molecular formula is C30H37N5O5S. The first-order valence-corrected chi connectivity index (χ1v) is 15.3. The number of ether oxygens (including phenoxy) is 1. The zero-order valence-electron chi connectivity index (χ0n) is 24.1. The Morgan fingerprint density at radius 2 is 1.80 bits per heavy atom. The number of primary amides is 1. The van der Waals surface area contributed by atoms with E-state index in [2.05, 4.69) is 21.8 Å². The van der Waals surface area contributed by atoms with Gasteiger partial charge >= 0.3 is 0 Å². The van der Waals surface area contributed by atoms with E-state index in [0.29, 0.717) is 41.2 Å². The van der Waals surface area contributed by atoms with Crippen LogP contribution < -0.4 is 10.5 Å². The topological polar surface area (TPSA) is 142 Å². The Bertz CT molecular complexity index is 1620. The number of sulfonamides is 1. The number of carbonyl (C=O) groups is 1. The molecule has 3 N–H and O–H groups in total. The average molecular weight is 580 g/mol. The zero-order chi connectivity index (χ0) is 29.7. The third-order valence-corrected chi connectivity index (χ3v) is 8.41. The number of amides is 1. The second-order valence-corrected chi connectivity index (χ2v) is 11.5. The first-order valence-electron chi connectivity index (χ1n) is 13.7. The third-order valence-electron chi connectivity index (χ3n) is 6.98. The second kappa shape index (κ2) is 12.7. The fraction of sp³-hybridized carbons (Fsp3) is 0.367. The highest BCUT2D eigenvalue weighted by Crippen LogP contribution is 2.35. The van der Waals surface area contributed by atoms with Crippen LogP contribution >= 0.6 is 0 Å². The lowest BCUT2D eigenvalue weighted by molar-refractivity contribution is 0.0990. The number of rotatable bonds is 13. The molecule has 11 heteroatoms. The Balaban J connectivity index is 1.68. The van der Waals surface area contributed by atoms with Crippen LogP contribution in [0.15, 0.2) is 53.1 Å². The van der Waals surface area contributed by atoms with E-state index in [1.54, 1.807) is 32.9 Å². The Labute approximate surface area is 241 Å². The van der Waals surface area contributed by atoms with Crippen molar-refractivity contribution in [3.8, 4) is 11.1 Å². The average Bonchev–Trinajstić information content (AvgIpc) is 3.46. The zero-order valence-corrected chi connectivity index (χ0v) is 24.9. The molecule has 41 heavy (non-hydrogen) atoms. The molecule has 1 unspecified atom stereocenters. The van der Waals surface area contributed by atoms with Crippen LogP contribution in [0.3, 0.4) is 0 Å². The number of nitrogens with one attached hydrogen (secondary N) is 1. The van der Waals surface area contributed by atoms with Gasteiger partial charge in [-0.1, -0.05) is 67.5 Å². The number of aromatic nitrogens is 3. The number of aryl methyl sites for hydroxylation is 3. The number of anilines is 1. The number of hydrogen-bond donors (Lipinski definition) is 2. The molecule has 0 aliphatic rings. The van der Waals surface area contributed by atoms with Gasteiger partial charge in [0.15, 0.2) is 5.82 Å². The largest absolute Gasteiger partial charge is 0.364 e. The Morgan fingerprint density at radius 1 is 1.10 bits per heavy atom. The lowest BCUT2D eigenvalue weighted by atomic mass is 9.99. The van der Waals surface area contributed by atoms with E-state index in [0.717, 1.165) is 35.4 Å². The predicted octanol–water partition coefficient (Wildman–Crippen LogP) is 5.29. The van der Waals surface area contributed by atoms with Gasteiger partial charge in [0.2, 0.25) is 5.44 Å². The molecule has 218 valence electrons. The van der Waals surface area contributed by atoms with Gasteiger partial charge in [-0.2, -0.15) is 0 Å². The standard InChI is InChI=1S/C30H37N5O5S/c1-6-11-26-32-25(7-2)27(28(31)36)35(26)18-21-14-16-22(17-15-21)23-12-9-10-13-24(23)30(39-8-3)41(37,38)34-29-19(4)20(5)40-33-29/h9-10,12-17,30H,6-8,11,18H2,1-5H3,(H2,31,36)(H,33,34). The smallest absolute Gasteiger partial charge is 0.267 e. The van der Waals surface area contributed by atoms with E-state index in [1.807, 2.05) is 47.9 Å². The summed E-state index contributed by atoms with van der Waals surface area (Å²) in [5.74, 6) is 1.01. The number of hydrogen-bond acceptors (Lipinski definition) is 7. The van der Waals surface area contributed by atoms with Gasteiger partial charge in [0.25, 0.3) is 15.9 Å². The number of benzene rings is 2. The molecule has 2 aromatic carbocycles. The highest BCUT2D eigenvalue weighted by Gasteiger charge is 2.32. The monoisotopic (exact) mass is 579 g/mol. The summed E-state index contributed by atoms with van der Waals surface area (Å²) in [4.78, 5) is 17.0. The molecule has 0 bridgehead atoms. The summed E-state index contributed by atoms with van der Waals surface area (Å²) in [6.07, 6.45) is 2.25. The van der Waals surface area contributed by atoms with E-state index < -0.39 is 21.4 Å². The summed E-state index contributed by atoms with van der Waals surface area (Å²) in [5, 5.41) is 3.85. The van der Waals surface area contributed by atoms with Crippen molar-refractivity contribution in [2.24, 2.45) is 5.73 Å². The van der Waals surface area contributed by atoms with Crippen LogP contribution in [0.2, 0.25) is 0 Å². The molecule has 0 spiro atoms. The molecule has 1 amide bonds. The molecule has 1 atom stereocenters. The van der Waals surface area contributed by atoms with Crippen LogP contribution in [0, 0.1) is 13.8 Å². The number of imidazole rings is 1. The minimum Gasteiger partial charge on any atom is -0.364 e. The maximum Gasteiger partial charge on any atom is 0.267 e. The molecular weight excluding hydrogens is 542 g/mol.